The maximum absolute atomic E-state index is 12.1. The first-order valence-corrected chi connectivity index (χ1v) is 7.91. The molecule has 6 nitrogen and oxygen atoms in total. The normalized spacial score (nSPS) is 13.6. The van der Waals surface area contributed by atoms with Crippen LogP contribution in [0.25, 0.3) is 0 Å². The molecule has 0 atom stereocenters. The van der Waals surface area contributed by atoms with Gasteiger partial charge in [0, 0.05) is 6.54 Å². The molecule has 0 saturated heterocycles. The zero-order valence-electron chi connectivity index (χ0n) is 13.6. The highest BCUT2D eigenvalue weighted by Crippen LogP contribution is 2.22. The summed E-state index contributed by atoms with van der Waals surface area (Å²) in [5, 5.41) is 0.560. The van der Waals surface area contributed by atoms with Gasteiger partial charge in [-0.25, -0.2) is 4.79 Å². The predicted octanol–water partition coefficient (Wildman–Crippen LogP) is 2.25. The van der Waals surface area contributed by atoms with Crippen molar-refractivity contribution < 1.29 is 19.2 Å². The Morgan fingerprint density at radius 1 is 1.09 bits per heavy atom. The Labute approximate surface area is 136 Å². The van der Waals surface area contributed by atoms with E-state index < -0.39 is 17.8 Å². The highest BCUT2D eigenvalue weighted by atomic mass is 16.7. The standard InChI is InChI=1S/C17H22N2O4/c1-3-4-7-11-18(2)12-10-15(20)23-19-16(21)13-8-5-6-9-14(13)17(19)22/h5-6,8-9H,3-4,7,10-12H2,1-2H3. The van der Waals surface area contributed by atoms with Gasteiger partial charge in [-0.15, -0.1) is 0 Å². The van der Waals surface area contributed by atoms with Crippen LogP contribution in [0.5, 0.6) is 0 Å². The van der Waals surface area contributed by atoms with Crippen molar-refractivity contribution in [1.82, 2.24) is 9.96 Å². The van der Waals surface area contributed by atoms with Gasteiger partial charge in [0.05, 0.1) is 17.5 Å². The number of fused-ring (bicyclic) bond motifs is 1. The van der Waals surface area contributed by atoms with E-state index in [2.05, 4.69) is 6.92 Å². The van der Waals surface area contributed by atoms with Gasteiger partial charge >= 0.3 is 5.97 Å². The van der Waals surface area contributed by atoms with E-state index >= 15 is 0 Å². The van der Waals surface area contributed by atoms with Crippen LogP contribution in [0.3, 0.4) is 0 Å². The second-order valence-corrected chi connectivity index (χ2v) is 5.67. The minimum Gasteiger partial charge on any atom is -0.330 e. The number of carbonyl (C=O) groups is 3. The van der Waals surface area contributed by atoms with Crippen molar-refractivity contribution in [3.05, 3.63) is 35.4 Å². The van der Waals surface area contributed by atoms with Crippen LogP contribution in [0.15, 0.2) is 24.3 Å². The first-order chi connectivity index (χ1) is 11.0. The van der Waals surface area contributed by atoms with Gasteiger partial charge in [0.25, 0.3) is 11.8 Å². The fourth-order valence-electron chi connectivity index (χ4n) is 2.42. The number of benzene rings is 1. The number of hydroxylamine groups is 2. The zero-order chi connectivity index (χ0) is 16.8. The van der Waals surface area contributed by atoms with Gasteiger partial charge in [-0.05, 0) is 32.1 Å². The Bertz CT molecular complexity index is 565. The van der Waals surface area contributed by atoms with Crippen LogP contribution < -0.4 is 0 Å². The van der Waals surface area contributed by atoms with Gasteiger partial charge in [0.1, 0.15) is 0 Å². The van der Waals surface area contributed by atoms with Gasteiger partial charge in [0.15, 0.2) is 0 Å². The third-order valence-electron chi connectivity index (χ3n) is 3.79. The van der Waals surface area contributed by atoms with E-state index in [0.717, 1.165) is 25.8 Å². The van der Waals surface area contributed by atoms with Crippen LogP contribution in [0.4, 0.5) is 0 Å². The summed E-state index contributed by atoms with van der Waals surface area (Å²) in [4.78, 5) is 43.0. The van der Waals surface area contributed by atoms with Crippen LogP contribution >= 0.6 is 0 Å². The fourth-order valence-corrected chi connectivity index (χ4v) is 2.42. The number of hydrogen-bond acceptors (Lipinski definition) is 5. The molecule has 0 fully saturated rings. The molecule has 124 valence electrons. The Kier molecular flexibility index (Phi) is 5.87. The largest absolute Gasteiger partial charge is 0.334 e. The van der Waals surface area contributed by atoms with E-state index in [1.807, 2.05) is 11.9 Å². The van der Waals surface area contributed by atoms with Crippen LogP contribution in [-0.2, 0) is 9.63 Å². The Morgan fingerprint density at radius 3 is 2.26 bits per heavy atom. The van der Waals surface area contributed by atoms with Crippen molar-refractivity contribution in [2.75, 3.05) is 20.1 Å². The Morgan fingerprint density at radius 2 is 1.70 bits per heavy atom. The number of imide groups is 1. The summed E-state index contributed by atoms with van der Waals surface area (Å²) < 4.78 is 0. The average molecular weight is 318 g/mol. The minimum absolute atomic E-state index is 0.135. The molecular formula is C17H22N2O4. The molecule has 1 aromatic carbocycles. The summed E-state index contributed by atoms with van der Waals surface area (Å²) in [6, 6.07) is 6.43. The molecule has 0 bridgehead atoms. The van der Waals surface area contributed by atoms with Crippen LogP contribution in [0, 0.1) is 0 Å². The molecule has 1 heterocycles. The molecule has 0 aromatic heterocycles. The number of rotatable bonds is 8. The minimum atomic E-state index is -0.588. The zero-order valence-corrected chi connectivity index (χ0v) is 13.6. The molecule has 1 aliphatic heterocycles. The average Bonchev–Trinajstić information content (AvgIpc) is 2.79. The van der Waals surface area contributed by atoms with E-state index in [1.165, 1.54) is 0 Å². The molecule has 6 heteroatoms. The maximum Gasteiger partial charge on any atom is 0.334 e. The molecule has 0 spiro atoms. The van der Waals surface area contributed by atoms with Crippen molar-refractivity contribution in [1.29, 1.82) is 0 Å². The predicted molar refractivity (Wildman–Crippen MR) is 84.7 cm³/mol. The maximum atomic E-state index is 12.1. The molecule has 0 N–H and O–H groups in total. The summed E-state index contributed by atoms with van der Waals surface area (Å²) in [5.41, 5.74) is 0.531. The number of carbonyl (C=O) groups excluding carboxylic acids is 3. The number of unbranched alkanes of at least 4 members (excludes halogenated alkanes) is 2. The van der Waals surface area contributed by atoms with E-state index in [1.54, 1.807) is 24.3 Å². The van der Waals surface area contributed by atoms with E-state index in [0.29, 0.717) is 11.6 Å². The topological polar surface area (TPSA) is 66.9 Å². The molecule has 0 saturated carbocycles. The van der Waals surface area contributed by atoms with Crippen molar-refractivity contribution in [3.8, 4) is 0 Å². The van der Waals surface area contributed by atoms with E-state index in [4.69, 9.17) is 4.84 Å². The first-order valence-electron chi connectivity index (χ1n) is 7.91. The lowest BCUT2D eigenvalue weighted by molar-refractivity contribution is -0.168. The Balaban J connectivity index is 1.83. The van der Waals surface area contributed by atoms with E-state index in [-0.39, 0.29) is 17.5 Å². The fraction of sp³-hybridized carbons (Fsp3) is 0.471. The summed E-state index contributed by atoms with van der Waals surface area (Å²) in [5.74, 6) is -1.76. The molecule has 2 amide bonds. The third kappa shape index (κ3) is 4.16. The third-order valence-corrected chi connectivity index (χ3v) is 3.79. The highest BCUT2D eigenvalue weighted by molar-refractivity contribution is 6.20. The molecule has 0 unspecified atom stereocenters. The van der Waals surface area contributed by atoms with Gasteiger partial charge in [-0.3, -0.25) is 9.59 Å². The highest BCUT2D eigenvalue weighted by Gasteiger charge is 2.38. The van der Waals surface area contributed by atoms with Gasteiger partial charge in [-0.1, -0.05) is 37.0 Å². The molecule has 2 rings (SSSR count). The van der Waals surface area contributed by atoms with Gasteiger partial charge in [0.2, 0.25) is 0 Å². The molecule has 1 aromatic rings. The van der Waals surface area contributed by atoms with Crippen LogP contribution in [-0.4, -0.2) is 47.9 Å². The van der Waals surface area contributed by atoms with Crippen molar-refractivity contribution >= 4 is 17.8 Å². The molecule has 0 aliphatic carbocycles. The quantitative estimate of drug-likeness (QED) is 0.543. The molecular weight excluding hydrogens is 296 g/mol. The van der Waals surface area contributed by atoms with Crippen molar-refractivity contribution in [3.63, 3.8) is 0 Å². The van der Waals surface area contributed by atoms with Gasteiger partial charge < -0.3 is 9.74 Å². The summed E-state index contributed by atoms with van der Waals surface area (Å²) in [6.07, 6.45) is 3.52. The second kappa shape index (κ2) is 7.87. The number of hydrogen-bond donors (Lipinski definition) is 0. The number of amides is 2. The molecule has 1 aliphatic rings. The van der Waals surface area contributed by atoms with Crippen LogP contribution in [0.1, 0.15) is 53.3 Å². The lowest BCUT2D eigenvalue weighted by Gasteiger charge is -2.17. The van der Waals surface area contributed by atoms with E-state index in [9.17, 15) is 14.4 Å². The summed E-state index contributed by atoms with van der Waals surface area (Å²) in [7, 11) is 1.94. The summed E-state index contributed by atoms with van der Waals surface area (Å²) in [6.45, 7) is 3.58. The molecule has 23 heavy (non-hydrogen) atoms. The SMILES string of the molecule is CCCCCN(C)CCC(=O)ON1C(=O)c2ccccc2C1=O. The Hall–Kier alpha value is -2.21. The monoisotopic (exact) mass is 318 g/mol. The lowest BCUT2D eigenvalue weighted by Crippen LogP contribution is -2.34. The smallest absolute Gasteiger partial charge is 0.330 e. The first kappa shape index (κ1) is 17.1. The second-order valence-electron chi connectivity index (χ2n) is 5.67. The summed E-state index contributed by atoms with van der Waals surface area (Å²) >= 11 is 0. The molecule has 0 radical (unpaired) electrons. The van der Waals surface area contributed by atoms with Crippen molar-refractivity contribution in [2.24, 2.45) is 0 Å². The van der Waals surface area contributed by atoms with Crippen molar-refractivity contribution in [2.45, 2.75) is 32.6 Å². The lowest BCUT2D eigenvalue weighted by atomic mass is 10.1. The van der Waals surface area contributed by atoms with Crippen LogP contribution in [0.2, 0.25) is 0 Å². The number of nitrogens with zero attached hydrogens (tertiary/aromatic N) is 2. The van der Waals surface area contributed by atoms with Gasteiger partial charge in [-0.2, -0.15) is 0 Å².